The zero-order chi connectivity index (χ0) is 12.5. The normalized spacial score (nSPS) is 16.8. The third-order valence-electron chi connectivity index (χ3n) is 3.19. The van der Waals surface area contributed by atoms with Crippen molar-refractivity contribution < 1.29 is 4.52 Å². The minimum absolute atomic E-state index is 0.137. The number of nitrogens with zero attached hydrogens (tertiary/aromatic N) is 2. The van der Waals surface area contributed by atoms with Gasteiger partial charge in [0.2, 0.25) is 11.7 Å². The predicted molar refractivity (Wildman–Crippen MR) is 69.1 cm³/mol. The number of rotatable bonds is 4. The van der Waals surface area contributed by atoms with Gasteiger partial charge in [0.05, 0.1) is 0 Å². The molecule has 1 fully saturated rings. The molecule has 94 valence electrons. The van der Waals surface area contributed by atoms with Gasteiger partial charge in [-0.2, -0.15) is 4.98 Å². The Bertz CT molecular complexity index is 551. The summed E-state index contributed by atoms with van der Waals surface area (Å²) in [7, 11) is 0. The fourth-order valence-corrected chi connectivity index (χ4v) is 2.17. The van der Waals surface area contributed by atoms with Crippen LogP contribution in [0.25, 0.3) is 11.4 Å². The van der Waals surface area contributed by atoms with Crippen molar-refractivity contribution in [2.45, 2.75) is 25.3 Å². The van der Waals surface area contributed by atoms with Gasteiger partial charge in [0, 0.05) is 23.0 Å². The highest BCUT2D eigenvalue weighted by atomic mass is 35.5. The van der Waals surface area contributed by atoms with Crippen molar-refractivity contribution in [2.75, 3.05) is 0 Å². The summed E-state index contributed by atoms with van der Waals surface area (Å²) in [5, 5.41) is 4.62. The molecule has 1 unspecified atom stereocenters. The molecule has 1 saturated carbocycles. The van der Waals surface area contributed by atoms with Gasteiger partial charge in [0.15, 0.2) is 0 Å². The average Bonchev–Trinajstić information content (AvgIpc) is 3.10. The molecule has 2 aromatic rings. The molecule has 1 atom stereocenters. The monoisotopic (exact) mass is 263 g/mol. The molecule has 1 aromatic heterocycles. The SMILES string of the molecule is NC(Cc1nc(-c2cccc(Cl)c2)no1)C1CC1. The number of hydrogen-bond donors (Lipinski definition) is 1. The molecule has 1 heterocycles. The zero-order valence-corrected chi connectivity index (χ0v) is 10.6. The maximum absolute atomic E-state index is 6.03. The van der Waals surface area contributed by atoms with Gasteiger partial charge in [0.1, 0.15) is 0 Å². The number of nitrogens with two attached hydrogens (primary N) is 1. The first kappa shape index (κ1) is 11.7. The van der Waals surface area contributed by atoms with Crippen LogP contribution in [-0.4, -0.2) is 16.2 Å². The average molecular weight is 264 g/mol. The molecule has 0 radical (unpaired) electrons. The topological polar surface area (TPSA) is 64.9 Å². The number of hydrogen-bond acceptors (Lipinski definition) is 4. The van der Waals surface area contributed by atoms with E-state index in [0.29, 0.717) is 29.1 Å². The van der Waals surface area contributed by atoms with Crippen LogP contribution in [0.3, 0.4) is 0 Å². The van der Waals surface area contributed by atoms with Gasteiger partial charge >= 0.3 is 0 Å². The molecule has 2 N–H and O–H groups in total. The van der Waals surface area contributed by atoms with E-state index in [0.717, 1.165) is 5.56 Å². The largest absolute Gasteiger partial charge is 0.339 e. The van der Waals surface area contributed by atoms with Crippen LogP contribution in [-0.2, 0) is 6.42 Å². The second kappa shape index (κ2) is 4.71. The summed E-state index contributed by atoms with van der Waals surface area (Å²) >= 11 is 5.93. The summed E-state index contributed by atoms with van der Waals surface area (Å²) in [4.78, 5) is 4.36. The second-order valence-corrected chi connectivity index (χ2v) is 5.16. The summed E-state index contributed by atoms with van der Waals surface area (Å²) in [6.45, 7) is 0. The fourth-order valence-electron chi connectivity index (χ4n) is 1.98. The zero-order valence-electron chi connectivity index (χ0n) is 9.84. The second-order valence-electron chi connectivity index (χ2n) is 4.73. The Morgan fingerprint density at radius 1 is 1.44 bits per heavy atom. The van der Waals surface area contributed by atoms with Crippen LogP contribution >= 0.6 is 11.6 Å². The van der Waals surface area contributed by atoms with Crippen LogP contribution in [0.4, 0.5) is 0 Å². The maximum Gasteiger partial charge on any atom is 0.228 e. The molecule has 0 amide bonds. The van der Waals surface area contributed by atoms with Crippen molar-refractivity contribution in [3.8, 4) is 11.4 Å². The van der Waals surface area contributed by atoms with Crippen molar-refractivity contribution in [3.05, 3.63) is 35.2 Å². The number of halogens is 1. The fraction of sp³-hybridized carbons (Fsp3) is 0.385. The molecule has 0 bridgehead atoms. The van der Waals surface area contributed by atoms with Gasteiger partial charge in [-0.3, -0.25) is 0 Å². The van der Waals surface area contributed by atoms with E-state index in [1.165, 1.54) is 12.8 Å². The Hall–Kier alpha value is -1.39. The van der Waals surface area contributed by atoms with E-state index in [1.807, 2.05) is 24.3 Å². The third kappa shape index (κ3) is 2.54. The molecule has 1 aromatic carbocycles. The highest BCUT2D eigenvalue weighted by molar-refractivity contribution is 6.30. The minimum atomic E-state index is 0.137. The third-order valence-corrected chi connectivity index (χ3v) is 3.42. The van der Waals surface area contributed by atoms with Crippen LogP contribution in [0.2, 0.25) is 5.02 Å². The van der Waals surface area contributed by atoms with Crippen molar-refractivity contribution in [1.82, 2.24) is 10.1 Å². The Kier molecular flexibility index (Phi) is 3.06. The molecule has 0 saturated heterocycles. The van der Waals surface area contributed by atoms with Gasteiger partial charge in [-0.25, -0.2) is 0 Å². The molecule has 3 rings (SSSR count). The summed E-state index contributed by atoms with van der Waals surface area (Å²) in [5.74, 6) is 1.80. The number of aromatic nitrogens is 2. The van der Waals surface area contributed by atoms with Gasteiger partial charge in [0.25, 0.3) is 0 Å². The van der Waals surface area contributed by atoms with Crippen LogP contribution in [0.1, 0.15) is 18.7 Å². The van der Waals surface area contributed by atoms with Gasteiger partial charge in [-0.15, -0.1) is 0 Å². The van der Waals surface area contributed by atoms with Crippen molar-refractivity contribution in [1.29, 1.82) is 0 Å². The smallest absolute Gasteiger partial charge is 0.228 e. The molecule has 1 aliphatic rings. The molecule has 5 heteroatoms. The molecule has 0 spiro atoms. The Morgan fingerprint density at radius 2 is 2.28 bits per heavy atom. The first-order valence-corrected chi connectivity index (χ1v) is 6.44. The first-order chi connectivity index (χ1) is 8.72. The van der Waals surface area contributed by atoms with Crippen molar-refractivity contribution >= 4 is 11.6 Å². The molecule has 1 aliphatic carbocycles. The van der Waals surface area contributed by atoms with Crippen LogP contribution < -0.4 is 5.73 Å². The standard InChI is InChI=1S/C13H14ClN3O/c14-10-3-1-2-9(6-10)13-16-12(18-17-13)7-11(15)8-4-5-8/h1-3,6,8,11H,4-5,7,15H2. The van der Waals surface area contributed by atoms with Gasteiger partial charge in [-0.1, -0.05) is 28.9 Å². The Balaban J connectivity index is 1.76. The van der Waals surface area contributed by atoms with E-state index in [-0.39, 0.29) is 6.04 Å². The summed E-state index contributed by atoms with van der Waals surface area (Å²) in [5.41, 5.74) is 6.89. The van der Waals surface area contributed by atoms with E-state index in [9.17, 15) is 0 Å². The van der Waals surface area contributed by atoms with Crippen LogP contribution in [0.5, 0.6) is 0 Å². The van der Waals surface area contributed by atoms with Gasteiger partial charge in [-0.05, 0) is 30.9 Å². The Labute approximate surface area is 110 Å². The first-order valence-electron chi connectivity index (χ1n) is 6.06. The van der Waals surface area contributed by atoms with E-state index in [1.54, 1.807) is 0 Å². The minimum Gasteiger partial charge on any atom is -0.339 e. The lowest BCUT2D eigenvalue weighted by Crippen LogP contribution is -2.25. The molecule has 4 nitrogen and oxygen atoms in total. The lowest BCUT2D eigenvalue weighted by atomic mass is 10.1. The quantitative estimate of drug-likeness (QED) is 0.921. The molecule has 0 aliphatic heterocycles. The maximum atomic E-state index is 6.03. The summed E-state index contributed by atoms with van der Waals surface area (Å²) < 4.78 is 5.22. The summed E-state index contributed by atoms with van der Waals surface area (Å²) in [6.07, 6.45) is 3.09. The summed E-state index contributed by atoms with van der Waals surface area (Å²) in [6, 6.07) is 7.54. The van der Waals surface area contributed by atoms with Crippen molar-refractivity contribution in [3.63, 3.8) is 0 Å². The van der Waals surface area contributed by atoms with E-state index in [4.69, 9.17) is 21.9 Å². The Morgan fingerprint density at radius 3 is 3.00 bits per heavy atom. The molecular weight excluding hydrogens is 250 g/mol. The van der Waals surface area contributed by atoms with E-state index < -0.39 is 0 Å². The van der Waals surface area contributed by atoms with Crippen molar-refractivity contribution in [2.24, 2.45) is 11.7 Å². The van der Waals surface area contributed by atoms with E-state index in [2.05, 4.69) is 10.1 Å². The van der Waals surface area contributed by atoms with Crippen LogP contribution in [0.15, 0.2) is 28.8 Å². The van der Waals surface area contributed by atoms with Crippen LogP contribution in [0, 0.1) is 5.92 Å². The molecule has 18 heavy (non-hydrogen) atoms. The predicted octanol–water partition coefficient (Wildman–Crippen LogP) is 2.67. The molecular formula is C13H14ClN3O. The lowest BCUT2D eigenvalue weighted by Gasteiger charge is -2.04. The highest BCUT2D eigenvalue weighted by Crippen LogP contribution is 2.32. The van der Waals surface area contributed by atoms with Gasteiger partial charge < -0.3 is 10.3 Å². The highest BCUT2D eigenvalue weighted by Gasteiger charge is 2.29. The van der Waals surface area contributed by atoms with E-state index >= 15 is 0 Å². The number of benzene rings is 1. The lowest BCUT2D eigenvalue weighted by molar-refractivity contribution is 0.364.